The summed E-state index contributed by atoms with van der Waals surface area (Å²) < 4.78 is 5.68. The number of hydrogen-bond acceptors (Lipinski definition) is 1. The highest BCUT2D eigenvalue weighted by Gasteiger charge is 2.36. The standard InChI is InChI=1S/C16H20O/c1-10-8-17-9-13-6-7-14-11-2-4-12(5-3-11)16(14)15(10)13/h6-7,10-12H,2-5,8-9H2,1H3. The van der Waals surface area contributed by atoms with E-state index >= 15 is 0 Å². The van der Waals surface area contributed by atoms with Crippen LogP contribution >= 0.6 is 0 Å². The van der Waals surface area contributed by atoms with Crippen molar-refractivity contribution in [2.75, 3.05) is 6.61 Å². The molecule has 0 saturated heterocycles. The molecular formula is C16H20O. The summed E-state index contributed by atoms with van der Waals surface area (Å²) in [5.41, 5.74) is 6.58. The van der Waals surface area contributed by atoms with Gasteiger partial charge < -0.3 is 4.74 Å². The van der Waals surface area contributed by atoms with Gasteiger partial charge in [0.1, 0.15) is 0 Å². The smallest absolute Gasteiger partial charge is 0.0720 e. The second-order valence-electron chi connectivity index (χ2n) is 6.11. The summed E-state index contributed by atoms with van der Waals surface area (Å²) in [4.78, 5) is 0. The van der Waals surface area contributed by atoms with Gasteiger partial charge >= 0.3 is 0 Å². The van der Waals surface area contributed by atoms with E-state index in [9.17, 15) is 0 Å². The lowest BCUT2D eigenvalue weighted by molar-refractivity contribution is 0.0939. The highest BCUT2D eigenvalue weighted by atomic mass is 16.5. The molecule has 1 fully saturated rings. The zero-order valence-corrected chi connectivity index (χ0v) is 10.5. The fourth-order valence-corrected chi connectivity index (χ4v) is 4.34. The highest BCUT2D eigenvalue weighted by Crippen LogP contribution is 2.52. The maximum Gasteiger partial charge on any atom is 0.0720 e. The van der Waals surface area contributed by atoms with Crippen molar-refractivity contribution in [1.29, 1.82) is 0 Å². The monoisotopic (exact) mass is 228 g/mol. The zero-order chi connectivity index (χ0) is 11.4. The molecule has 1 aliphatic heterocycles. The molecule has 0 N–H and O–H groups in total. The molecular weight excluding hydrogens is 208 g/mol. The third-order valence-corrected chi connectivity index (χ3v) is 5.10. The molecule has 5 rings (SSSR count). The molecule has 1 aromatic rings. The third-order valence-electron chi connectivity index (χ3n) is 5.10. The fraction of sp³-hybridized carbons (Fsp3) is 0.625. The zero-order valence-electron chi connectivity index (χ0n) is 10.5. The van der Waals surface area contributed by atoms with E-state index in [0.29, 0.717) is 5.92 Å². The van der Waals surface area contributed by atoms with Crippen molar-refractivity contribution in [2.45, 2.75) is 57.0 Å². The second-order valence-corrected chi connectivity index (χ2v) is 6.11. The maximum absolute atomic E-state index is 5.68. The van der Waals surface area contributed by atoms with Crippen molar-refractivity contribution in [2.24, 2.45) is 0 Å². The molecule has 1 aromatic carbocycles. The molecule has 1 unspecified atom stereocenters. The molecule has 17 heavy (non-hydrogen) atoms. The lowest BCUT2D eigenvalue weighted by Crippen LogP contribution is -2.27. The Balaban J connectivity index is 1.95. The van der Waals surface area contributed by atoms with Crippen LogP contribution in [0, 0.1) is 0 Å². The van der Waals surface area contributed by atoms with Crippen molar-refractivity contribution in [3.05, 3.63) is 34.4 Å². The van der Waals surface area contributed by atoms with Crippen LogP contribution in [0.4, 0.5) is 0 Å². The van der Waals surface area contributed by atoms with Gasteiger partial charge in [-0.3, -0.25) is 0 Å². The topological polar surface area (TPSA) is 9.23 Å². The van der Waals surface area contributed by atoms with E-state index in [1.165, 1.54) is 31.2 Å². The lowest BCUT2D eigenvalue weighted by atomic mass is 9.64. The summed E-state index contributed by atoms with van der Waals surface area (Å²) >= 11 is 0. The molecule has 0 amide bonds. The maximum atomic E-state index is 5.68. The van der Waals surface area contributed by atoms with Crippen LogP contribution < -0.4 is 0 Å². The van der Waals surface area contributed by atoms with Gasteiger partial charge in [0.05, 0.1) is 13.2 Å². The van der Waals surface area contributed by atoms with Crippen LogP contribution in [0.1, 0.15) is 72.6 Å². The van der Waals surface area contributed by atoms with E-state index in [2.05, 4.69) is 19.1 Å². The molecule has 1 heteroatoms. The minimum absolute atomic E-state index is 0.605. The van der Waals surface area contributed by atoms with Crippen molar-refractivity contribution in [1.82, 2.24) is 0 Å². The van der Waals surface area contributed by atoms with Crippen LogP contribution in [-0.2, 0) is 11.3 Å². The largest absolute Gasteiger partial charge is 0.376 e. The van der Waals surface area contributed by atoms with E-state index in [-0.39, 0.29) is 0 Å². The van der Waals surface area contributed by atoms with E-state index in [0.717, 1.165) is 25.0 Å². The van der Waals surface area contributed by atoms with Crippen molar-refractivity contribution >= 4 is 0 Å². The normalized spacial score (nSPS) is 34.3. The number of ether oxygens (including phenoxy) is 1. The van der Waals surface area contributed by atoms with E-state index in [1.54, 1.807) is 16.7 Å². The van der Waals surface area contributed by atoms with Gasteiger partial charge in [-0.15, -0.1) is 0 Å². The van der Waals surface area contributed by atoms with E-state index in [1.807, 2.05) is 0 Å². The fourth-order valence-electron chi connectivity index (χ4n) is 4.34. The molecule has 2 bridgehead atoms. The summed E-state index contributed by atoms with van der Waals surface area (Å²) in [5.74, 6) is 2.34. The first-order valence-electron chi connectivity index (χ1n) is 7.08. The van der Waals surface area contributed by atoms with Crippen molar-refractivity contribution in [3.63, 3.8) is 0 Å². The van der Waals surface area contributed by atoms with Gasteiger partial charge in [0.15, 0.2) is 0 Å². The Morgan fingerprint density at radius 2 is 1.76 bits per heavy atom. The summed E-state index contributed by atoms with van der Waals surface area (Å²) in [7, 11) is 0. The Morgan fingerprint density at radius 3 is 2.59 bits per heavy atom. The van der Waals surface area contributed by atoms with Gasteiger partial charge in [-0.2, -0.15) is 0 Å². The molecule has 90 valence electrons. The van der Waals surface area contributed by atoms with Gasteiger partial charge in [0.25, 0.3) is 0 Å². The van der Waals surface area contributed by atoms with Crippen LogP contribution in [0.2, 0.25) is 0 Å². The number of fused-ring (bicyclic) bond motifs is 3. The Morgan fingerprint density at radius 1 is 1.00 bits per heavy atom. The summed E-state index contributed by atoms with van der Waals surface area (Å²) in [6.07, 6.45) is 5.73. The van der Waals surface area contributed by atoms with Gasteiger partial charge in [0.2, 0.25) is 0 Å². The first-order valence-corrected chi connectivity index (χ1v) is 7.08. The molecule has 1 atom stereocenters. The van der Waals surface area contributed by atoms with E-state index in [4.69, 9.17) is 4.74 Å². The van der Waals surface area contributed by atoms with Gasteiger partial charge in [-0.05, 0) is 59.8 Å². The number of rotatable bonds is 0. The predicted octanol–water partition coefficient (Wildman–Crippen LogP) is 4.08. The van der Waals surface area contributed by atoms with Crippen LogP contribution in [0.15, 0.2) is 12.1 Å². The van der Waals surface area contributed by atoms with Crippen molar-refractivity contribution < 1.29 is 4.74 Å². The third kappa shape index (κ3) is 1.35. The SMILES string of the molecule is CC1COCc2ccc3c(c21)C1CCC3CC1. The lowest BCUT2D eigenvalue weighted by Gasteiger charge is -2.42. The van der Waals surface area contributed by atoms with Crippen LogP contribution in [0.3, 0.4) is 0 Å². The van der Waals surface area contributed by atoms with Crippen LogP contribution in [0.25, 0.3) is 0 Å². The number of benzene rings is 1. The molecule has 1 heterocycles. The Bertz CT molecular complexity index is 455. The van der Waals surface area contributed by atoms with Crippen molar-refractivity contribution in [3.8, 4) is 0 Å². The predicted molar refractivity (Wildman–Crippen MR) is 68.5 cm³/mol. The molecule has 0 aromatic heterocycles. The summed E-state index contributed by atoms with van der Waals surface area (Å²) in [5, 5.41) is 0. The Hall–Kier alpha value is -0.820. The molecule has 0 spiro atoms. The molecule has 0 radical (unpaired) electrons. The quantitative estimate of drug-likeness (QED) is 0.650. The van der Waals surface area contributed by atoms with Crippen LogP contribution in [0.5, 0.6) is 0 Å². The summed E-state index contributed by atoms with van der Waals surface area (Å²) in [6, 6.07) is 4.75. The average molecular weight is 228 g/mol. The molecule has 4 aliphatic rings. The van der Waals surface area contributed by atoms with Gasteiger partial charge in [-0.25, -0.2) is 0 Å². The van der Waals surface area contributed by atoms with E-state index < -0.39 is 0 Å². The molecule has 1 saturated carbocycles. The average Bonchev–Trinajstić information content (AvgIpc) is 2.40. The Labute approximate surface area is 103 Å². The molecule has 3 aliphatic carbocycles. The minimum atomic E-state index is 0.605. The minimum Gasteiger partial charge on any atom is -0.376 e. The first kappa shape index (κ1) is 10.1. The summed E-state index contributed by atoms with van der Waals surface area (Å²) in [6.45, 7) is 4.09. The van der Waals surface area contributed by atoms with Gasteiger partial charge in [0, 0.05) is 5.92 Å². The van der Waals surface area contributed by atoms with Crippen LogP contribution in [-0.4, -0.2) is 6.61 Å². The highest BCUT2D eigenvalue weighted by molar-refractivity contribution is 5.50. The Kier molecular flexibility index (Phi) is 2.14. The second kappa shape index (κ2) is 3.58. The van der Waals surface area contributed by atoms with Gasteiger partial charge in [-0.1, -0.05) is 19.1 Å². The number of hydrogen-bond donors (Lipinski definition) is 0. The molecule has 1 nitrogen and oxygen atoms in total. The first-order chi connectivity index (χ1) is 8.34.